The summed E-state index contributed by atoms with van der Waals surface area (Å²) in [5, 5.41) is 1.77. The van der Waals surface area contributed by atoms with Crippen LogP contribution in [0, 0.1) is 11.8 Å². The van der Waals surface area contributed by atoms with Crippen molar-refractivity contribution >= 4 is 23.1 Å². The number of rotatable bonds is 1. The molecule has 0 N–H and O–H groups in total. The van der Waals surface area contributed by atoms with Gasteiger partial charge in [0.1, 0.15) is 0 Å². The number of ether oxygens (including phenoxy) is 1. The van der Waals surface area contributed by atoms with E-state index in [0.29, 0.717) is 4.88 Å². The third-order valence-electron chi connectivity index (χ3n) is 1.21. The number of carbonyl (C=O) groups excluding carboxylic acids is 2. The summed E-state index contributed by atoms with van der Waals surface area (Å²) < 4.78 is 4.26. The van der Waals surface area contributed by atoms with Crippen molar-refractivity contribution in [3.63, 3.8) is 0 Å². The molecule has 0 aliphatic heterocycles. The van der Waals surface area contributed by atoms with Crippen LogP contribution in [-0.2, 0) is 9.53 Å². The molecule has 0 unspecified atom stereocenters. The van der Waals surface area contributed by atoms with Crippen LogP contribution in [0.4, 0.5) is 0 Å². The van der Waals surface area contributed by atoms with Gasteiger partial charge in [-0.05, 0) is 17.4 Å². The van der Waals surface area contributed by atoms with Gasteiger partial charge in [-0.25, -0.2) is 4.79 Å². The van der Waals surface area contributed by atoms with Crippen molar-refractivity contribution in [3.05, 3.63) is 22.4 Å². The molecule has 1 heterocycles. The summed E-state index contributed by atoms with van der Waals surface area (Å²) in [4.78, 5) is 22.2. The van der Waals surface area contributed by atoms with Crippen LogP contribution in [0.25, 0.3) is 0 Å². The zero-order chi connectivity index (χ0) is 9.68. The molecule has 1 aromatic heterocycles. The standard InChI is InChI=1S/C9H6O3S/c1-12-9(11)5-4-7(10)8-3-2-6-13-8/h2-3,6H,1H3. The lowest BCUT2D eigenvalue weighted by Gasteiger charge is -1.84. The van der Waals surface area contributed by atoms with Gasteiger partial charge in [0, 0.05) is 5.92 Å². The minimum Gasteiger partial charge on any atom is -0.459 e. The summed E-state index contributed by atoms with van der Waals surface area (Å²) in [7, 11) is 1.21. The number of ketones is 1. The van der Waals surface area contributed by atoms with Crippen molar-refractivity contribution in [2.75, 3.05) is 7.11 Å². The average molecular weight is 194 g/mol. The molecule has 0 aliphatic rings. The average Bonchev–Trinajstić information content (AvgIpc) is 2.66. The Labute approximate surface area is 79.3 Å². The summed E-state index contributed by atoms with van der Waals surface area (Å²) in [5.74, 6) is 3.18. The molecule has 0 saturated carbocycles. The number of thiophene rings is 1. The largest absolute Gasteiger partial charge is 0.459 e. The lowest BCUT2D eigenvalue weighted by molar-refractivity contribution is -0.133. The first-order chi connectivity index (χ1) is 6.24. The van der Waals surface area contributed by atoms with E-state index in [1.165, 1.54) is 18.4 Å². The van der Waals surface area contributed by atoms with E-state index >= 15 is 0 Å². The Hall–Kier alpha value is -1.60. The van der Waals surface area contributed by atoms with Crippen LogP contribution in [0.1, 0.15) is 9.67 Å². The Bertz CT molecular complexity index is 367. The van der Waals surface area contributed by atoms with Gasteiger partial charge in [-0.3, -0.25) is 4.79 Å². The van der Waals surface area contributed by atoms with Crippen LogP contribution in [0.5, 0.6) is 0 Å². The Morgan fingerprint density at radius 1 is 1.46 bits per heavy atom. The van der Waals surface area contributed by atoms with Crippen LogP contribution in [-0.4, -0.2) is 18.9 Å². The normalized spacial score (nSPS) is 8.38. The van der Waals surface area contributed by atoms with Crippen LogP contribution in [0.3, 0.4) is 0 Å². The molecule has 0 amide bonds. The Kier molecular flexibility index (Phi) is 3.23. The zero-order valence-electron chi connectivity index (χ0n) is 6.87. The van der Waals surface area contributed by atoms with Gasteiger partial charge in [-0.1, -0.05) is 6.07 Å². The highest BCUT2D eigenvalue weighted by Gasteiger charge is 2.02. The molecule has 0 saturated heterocycles. The third kappa shape index (κ3) is 2.73. The van der Waals surface area contributed by atoms with E-state index in [-0.39, 0.29) is 5.78 Å². The molecule has 3 nitrogen and oxygen atoms in total. The molecule has 0 bridgehead atoms. The maximum absolute atomic E-state index is 11.2. The highest BCUT2D eigenvalue weighted by atomic mass is 32.1. The van der Waals surface area contributed by atoms with Crippen molar-refractivity contribution in [2.45, 2.75) is 0 Å². The number of hydrogen-bond donors (Lipinski definition) is 0. The first-order valence-electron chi connectivity index (χ1n) is 3.42. The van der Waals surface area contributed by atoms with Gasteiger partial charge in [-0.2, -0.15) is 0 Å². The van der Waals surface area contributed by atoms with Gasteiger partial charge >= 0.3 is 5.97 Å². The number of esters is 1. The number of carbonyl (C=O) groups is 2. The zero-order valence-corrected chi connectivity index (χ0v) is 7.68. The van der Waals surface area contributed by atoms with Gasteiger partial charge in [0.15, 0.2) is 0 Å². The molecule has 0 radical (unpaired) electrons. The SMILES string of the molecule is COC(=O)C#CC(=O)c1cccs1. The first kappa shape index (κ1) is 9.49. The Morgan fingerprint density at radius 3 is 2.77 bits per heavy atom. The molecule has 0 atom stereocenters. The lowest BCUT2D eigenvalue weighted by atomic mass is 10.3. The van der Waals surface area contributed by atoms with E-state index in [1.54, 1.807) is 17.5 Å². The van der Waals surface area contributed by atoms with Crippen molar-refractivity contribution in [3.8, 4) is 11.8 Å². The second-order valence-corrected chi connectivity index (χ2v) is 3.00. The Morgan fingerprint density at radius 2 is 2.23 bits per heavy atom. The predicted molar refractivity (Wildman–Crippen MR) is 48.4 cm³/mol. The molecular weight excluding hydrogens is 188 g/mol. The lowest BCUT2D eigenvalue weighted by Crippen LogP contribution is -1.97. The third-order valence-corrected chi connectivity index (χ3v) is 2.08. The van der Waals surface area contributed by atoms with Crippen LogP contribution >= 0.6 is 11.3 Å². The topological polar surface area (TPSA) is 43.4 Å². The summed E-state index contributed by atoms with van der Waals surface area (Å²) in [6.07, 6.45) is 0. The molecule has 1 aromatic rings. The van der Waals surface area contributed by atoms with Crippen molar-refractivity contribution < 1.29 is 14.3 Å². The maximum atomic E-state index is 11.2. The van der Waals surface area contributed by atoms with E-state index in [4.69, 9.17) is 0 Å². The van der Waals surface area contributed by atoms with Gasteiger partial charge in [0.2, 0.25) is 5.78 Å². The smallest absolute Gasteiger partial charge is 0.384 e. The molecular formula is C9H6O3S. The summed E-state index contributed by atoms with van der Waals surface area (Å²) in [5.41, 5.74) is 0. The van der Waals surface area contributed by atoms with Gasteiger partial charge < -0.3 is 4.74 Å². The van der Waals surface area contributed by atoms with E-state index in [0.717, 1.165) is 0 Å². The Balaban J connectivity index is 2.70. The molecule has 0 aliphatic carbocycles. The summed E-state index contributed by atoms with van der Waals surface area (Å²) >= 11 is 1.29. The minimum atomic E-state index is -0.704. The second-order valence-electron chi connectivity index (χ2n) is 2.05. The fraction of sp³-hybridized carbons (Fsp3) is 0.111. The maximum Gasteiger partial charge on any atom is 0.384 e. The number of hydrogen-bond acceptors (Lipinski definition) is 4. The van der Waals surface area contributed by atoms with E-state index < -0.39 is 5.97 Å². The van der Waals surface area contributed by atoms with E-state index in [2.05, 4.69) is 16.6 Å². The fourth-order valence-electron chi connectivity index (χ4n) is 0.628. The molecule has 13 heavy (non-hydrogen) atoms. The predicted octanol–water partition coefficient (Wildman–Crippen LogP) is 1.11. The highest BCUT2D eigenvalue weighted by Crippen LogP contribution is 2.08. The second kappa shape index (κ2) is 4.43. The molecule has 0 fully saturated rings. The van der Waals surface area contributed by atoms with E-state index in [1.807, 2.05) is 0 Å². The van der Waals surface area contributed by atoms with Gasteiger partial charge in [0.05, 0.1) is 12.0 Å². The van der Waals surface area contributed by atoms with Gasteiger partial charge in [0.25, 0.3) is 0 Å². The summed E-state index contributed by atoms with van der Waals surface area (Å²) in [6.45, 7) is 0. The monoisotopic (exact) mass is 194 g/mol. The van der Waals surface area contributed by atoms with Crippen LogP contribution < -0.4 is 0 Å². The van der Waals surface area contributed by atoms with Crippen molar-refractivity contribution in [1.82, 2.24) is 0 Å². The van der Waals surface area contributed by atoms with Crippen LogP contribution in [0.2, 0.25) is 0 Å². The quantitative estimate of drug-likeness (QED) is 0.221. The summed E-state index contributed by atoms with van der Waals surface area (Å²) in [6, 6.07) is 3.40. The molecule has 1 rings (SSSR count). The number of methoxy groups -OCH3 is 1. The molecule has 0 spiro atoms. The highest BCUT2D eigenvalue weighted by molar-refractivity contribution is 7.12. The fourth-order valence-corrected chi connectivity index (χ4v) is 1.25. The first-order valence-corrected chi connectivity index (χ1v) is 4.30. The van der Waals surface area contributed by atoms with Crippen molar-refractivity contribution in [1.29, 1.82) is 0 Å². The molecule has 4 heteroatoms. The molecule has 0 aromatic carbocycles. The number of Topliss-reactive ketones (excluding diaryl/α,β-unsaturated/α-hetero) is 1. The minimum absolute atomic E-state index is 0.361. The van der Waals surface area contributed by atoms with Crippen LogP contribution in [0.15, 0.2) is 17.5 Å². The van der Waals surface area contributed by atoms with E-state index in [9.17, 15) is 9.59 Å². The molecule has 66 valence electrons. The van der Waals surface area contributed by atoms with Crippen molar-refractivity contribution in [2.24, 2.45) is 0 Å². The van der Waals surface area contributed by atoms with Gasteiger partial charge in [-0.15, -0.1) is 11.3 Å².